The Hall–Kier alpha value is -0.610. The van der Waals surface area contributed by atoms with Gasteiger partial charge in [0.1, 0.15) is 0 Å². The Morgan fingerprint density at radius 1 is 1.38 bits per heavy atom. The lowest BCUT2D eigenvalue weighted by atomic mass is 9.96. The van der Waals surface area contributed by atoms with Crippen molar-refractivity contribution in [2.24, 2.45) is 11.8 Å². The van der Waals surface area contributed by atoms with E-state index < -0.39 is 0 Å². The first-order valence-corrected chi connectivity index (χ1v) is 6.01. The van der Waals surface area contributed by atoms with E-state index in [1.807, 2.05) is 0 Å². The van der Waals surface area contributed by atoms with Crippen LogP contribution >= 0.6 is 0 Å². The van der Waals surface area contributed by atoms with Crippen LogP contribution in [0.3, 0.4) is 0 Å². The molecule has 1 unspecified atom stereocenters. The molecule has 1 aliphatic heterocycles. The molecule has 16 heavy (non-hydrogen) atoms. The number of esters is 1. The van der Waals surface area contributed by atoms with Crippen molar-refractivity contribution in [2.75, 3.05) is 40.0 Å². The maximum absolute atomic E-state index is 11.6. The Morgan fingerprint density at radius 2 is 2.00 bits per heavy atom. The third-order valence-corrected chi connectivity index (χ3v) is 2.87. The third kappa shape index (κ3) is 4.49. The lowest BCUT2D eigenvalue weighted by Gasteiger charge is -2.30. The van der Waals surface area contributed by atoms with Gasteiger partial charge in [-0.1, -0.05) is 13.8 Å². The number of nitrogens with zero attached hydrogens (tertiary/aromatic N) is 1. The highest BCUT2D eigenvalue weighted by atomic mass is 16.5. The maximum Gasteiger partial charge on any atom is 0.309 e. The lowest BCUT2D eigenvalue weighted by molar-refractivity contribution is -0.147. The largest absolute Gasteiger partial charge is 0.469 e. The maximum atomic E-state index is 11.6. The monoisotopic (exact) mass is 229 g/mol. The zero-order chi connectivity index (χ0) is 12.0. The predicted molar refractivity (Wildman–Crippen MR) is 62.2 cm³/mol. The first kappa shape index (κ1) is 13.5. The molecule has 0 N–H and O–H groups in total. The Morgan fingerprint density at radius 3 is 2.50 bits per heavy atom. The van der Waals surface area contributed by atoms with Crippen molar-refractivity contribution in [3.63, 3.8) is 0 Å². The molecule has 1 heterocycles. The zero-order valence-corrected chi connectivity index (χ0v) is 10.6. The molecule has 0 aromatic carbocycles. The highest BCUT2D eigenvalue weighted by Crippen LogP contribution is 2.15. The molecule has 0 spiro atoms. The van der Waals surface area contributed by atoms with Crippen molar-refractivity contribution in [3.8, 4) is 0 Å². The van der Waals surface area contributed by atoms with Gasteiger partial charge in [-0.15, -0.1) is 0 Å². The molecule has 0 radical (unpaired) electrons. The highest BCUT2D eigenvalue weighted by Gasteiger charge is 2.24. The van der Waals surface area contributed by atoms with Crippen LogP contribution in [-0.2, 0) is 14.3 Å². The van der Waals surface area contributed by atoms with E-state index in [9.17, 15) is 4.79 Å². The zero-order valence-electron chi connectivity index (χ0n) is 10.6. The molecule has 0 bridgehead atoms. The van der Waals surface area contributed by atoms with Gasteiger partial charge in [0.15, 0.2) is 0 Å². The highest BCUT2D eigenvalue weighted by molar-refractivity contribution is 5.72. The smallest absolute Gasteiger partial charge is 0.309 e. The van der Waals surface area contributed by atoms with Crippen molar-refractivity contribution in [3.05, 3.63) is 0 Å². The molecule has 0 aromatic heterocycles. The predicted octanol–water partition coefficient (Wildman–Crippen LogP) is 1.15. The Bertz CT molecular complexity index is 212. The van der Waals surface area contributed by atoms with Crippen LogP contribution in [-0.4, -0.2) is 50.8 Å². The van der Waals surface area contributed by atoms with Crippen LogP contribution in [0.5, 0.6) is 0 Å². The minimum atomic E-state index is -0.0832. The van der Waals surface area contributed by atoms with Gasteiger partial charge in [-0.25, -0.2) is 0 Å². The summed E-state index contributed by atoms with van der Waals surface area (Å²) < 4.78 is 10.1. The summed E-state index contributed by atoms with van der Waals surface area (Å²) in [5.74, 6) is 0.438. The minimum absolute atomic E-state index is 0.00287. The summed E-state index contributed by atoms with van der Waals surface area (Å²) in [4.78, 5) is 13.9. The molecule has 1 rings (SSSR count). The summed E-state index contributed by atoms with van der Waals surface area (Å²) in [7, 11) is 1.47. The molecule has 0 aliphatic carbocycles. The molecule has 1 atom stereocenters. The first-order valence-electron chi connectivity index (χ1n) is 6.01. The fourth-order valence-corrected chi connectivity index (χ4v) is 2.08. The van der Waals surface area contributed by atoms with Crippen molar-refractivity contribution in [1.82, 2.24) is 4.90 Å². The molecule has 94 valence electrons. The fourth-order valence-electron chi connectivity index (χ4n) is 2.08. The topological polar surface area (TPSA) is 38.8 Å². The number of carbonyl (C=O) groups excluding carboxylic acids is 1. The van der Waals surface area contributed by atoms with Crippen LogP contribution in [0.1, 0.15) is 20.3 Å². The molecule has 1 aliphatic rings. The molecule has 4 nitrogen and oxygen atoms in total. The summed E-state index contributed by atoms with van der Waals surface area (Å²) in [6.07, 6.45) is 0.893. The molecule has 0 aromatic rings. The van der Waals surface area contributed by atoms with E-state index in [0.29, 0.717) is 5.92 Å². The van der Waals surface area contributed by atoms with E-state index in [1.165, 1.54) is 7.11 Å². The summed E-state index contributed by atoms with van der Waals surface area (Å²) in [5.41, 5.74) is 0. The van der Waals surface area contributed by atoms with Gasteiger partial charge in [0, 0.05) is 19.6 Å². The second-order valence-electron chi connectivity index (χ2n) is 4.76. The number of morpholine rings is 1. The second-order valence-corrected chi connectivity index (χ2v) is 4.76. The van der Waals surface area contributed by atoms with Gasteiger partial charge in [-0.2, -0.15) is 0 Å². The van der Waals surface area contributed by atoms with Crippen LogP contribution in [0.15, 0.2) is 0 Å². The number of rotatable bonds is 5. The van der Waals surface area contributed by atoms with Crippen LogP contribution < -0.4 is 0 Å². The average molecular weight is 229 g/mol. The average Bonchev–Trinajstić information content (AvgIpc) is 2.28. The Labute approximate surface area is 97.9 Å². The molecule has 0 amide bonds. The van der Waals surface area contributed by atoms with Crippen LogP contribution in [0, 0.1) is 11.8 Å². The van der Waals surface area contributed by atoms with Crippen molar-refractivity contribution in [2.45, 2.75) is 20.3 Å². The quantitative estimate of drug-likeness (QED) is 0.663. The van der Waals surface area contributed by atoms with Crippen LogP contribution in [0.2, 0.25) is 0 Å². The molecule has 1 saturated heterocycles. The molecule has 0 saturated carbocycles. The summed E-state index contributed by atoms with van der Waals surface area (Å²) in [5, 5.41) is 0. The Balaban J connectivity index is 2.44. The SMILES string of the molecule is COC(=O)C(CC(C)C)CN1CCOCC1. The van der Waals surface area contributed by atoms with E-state index in [4.69, 9.17) is 9.47 Å². The number of carbonyl (C=O) groups is 1. The molecular formula is C12H23NO3. The molecule has 1 fully saturated rings. The van der Waals surface area contributed by atoms with Gasteiger partial charge in [-0.05, 0) is 12.3 Å². The van der Waals surface area contributed by atoms with Gasteiger partial charge in [0.25, 0.3) is 0 Å². The third-order valence-electron chi connectivity index (χ3n) is 2.87. The normalized spacial score (nSPS) is 19.8. The minimum Gasteiger partial charge on any atom is -0.469 e. The van der Waals surface area contributed by atoms with Crippen LogP contribution in [0.25, 0.3) is 0 Å². The van der Waals surface area contributed by atoms with Gasteiger partial charge in [0.2, 0.25) is 0 Å². The standard InChI is InChI=1S/C12H23NO3/c1-10(2)8-11(12(14)15-3)9-13-4-6-16-7-5-13/h10-11H,4-9H2,1-3H3. The van der Waals surface area contributed by atoms with Crippen molar-refractivity contribution in [1.29, 1.82) is 0 Å². The number of ether oxygens (including phenoxy) is 2. The summed E-state index contributed by atoms with van der Waals surface area (Å²) in [6.45, 7) is 8.46. The number of hydrogen-bond acceptors (Lipinski definition) is 4. The van der Waals surface area contributed by atoms with Gasteiger partial charge in [0.05, 0.1) is 26.2 Å². The van der Waals surface area contributed by atoms with Crippen LogP contribution in [0.4, 0.5) is 0 Å². The van der Waals surface area contributed by atoms with E-state index in [-0.39, 0.29) is 11.9 Å². The van der Waals surface area contributed by atoms with Crippen molar-refractivity contribution < 1.29 is 14.3 Å². The van der Waals surface area contributed by atoms with Gasteiger partial charge < -0.3 is 9.47 Å². The van der Waals surface area contributed by atoms with E-state index in [2.05, 4.69) is 18.7 Å². The number of methoxy groups -OCH3 is 1. The second kappa shape index (κ2) is 6.86. The summed E-state index contributed by atoms with van der Waals surface area (Å²) in [6, 6.07) is 0. The van der Waals surface area contributed by atoms with Gasteiger partial charge >= 0.3 is 5.97 Å². The molecular weight excluding hydrogens is 206 g/mol. The Kier molecular flexibility index (Phi) is 5.77. The summed E-state index contributed by atoms with van der Waals surface area (Å²) >= 11 is 0. The lowest BCUT2D eigenvalue weighted by Crippen LogP contribution is -2.41. The van der Waals surface area contributed by atoms with E-state index in [0.717, 1.165) is 39.3 Å². The van der Waals surface area contributed by atoms with E-state index in [1.54, 1.807) is 0 Å². The van der Waals surface area contributed by atoms with Crippen molar-refractivity contribution >= 4 is 5.97 Å². The fraction of sp³-hybridized carbons (Fsp3) is 0.917. The first-order chi connectivity index (χ1) is 7.63. The van der Waals surface area contributed by atoms with Gasteiger partial charge in [-0.3, -0.25) is 9.69 Å². The van der Waals surface area contributed by atoms with E-state index >= 15 is 0 Å². The molecule has 4 heteroatoms. The number of hydrogen-bond donors (Lipinski definition) is 0.